The van der Waals surface area contributed by atoms with Crippen molar-refractivity contribution in [2.24, 2.45) is 4.99 Å². The first-order valence-corrected chi connectivity index (χ1v) is 4.08. The molecule has 0 aliphatic carbocycles. The van der Waals surface area contributed by atoms with E-state index in [4.69, 9.17) is 0 Å². The van der Waals surface area contributed by atoms with E-state index in [0.717, 1.165) is 16.4 Å². The topological polar surface area (TPSA) is 25.2 Å². The lowest BCUT2D eigenvalue weighted by atomic mass is 10.3. The van der Waals surface area contributed by atoms with Crippen LogP contribution in [0.3, 0.4) is 0 Å². The Morgan fingerprint density at radius 2 is 2.20 bits per heavy atom. The lowest BCUT2D eigenvalue weighted by molar-refractivity contribution is 1.17. The van der Waals surface area contributed by atoms with Crippen LogP contribution in [0, 0.1) is 6.92 Å². The third kappa shape index (κ3) is 0.778. The van der Waals surface area contributed by atoms with Gasteiger partial charge in [0.15, 0.2) is 0 Å². The average molecular weight is 152 g/mol. The van der Waals surface area contributed by atoms with E-state index in [1.165, 1.54) is 11.4 Å². The van der Waals surface area contributed by atoms with Gasteiger partial charge in [0.2, 0.25) is 0 Å². The quantitative estimate of drug-likeness (QED) is 0.559. The minimum atomic E-state index is 0.958. The van der Waals surface area contributed by atoms with Crippen LogP contribution in [-0.2, 0) is 6.42 Å². The summed E-state index contributed by atoms with van der Waals surface area (Å²) in [4.78, 5) is 8.69. The van der Waals surface area contributed by atoms with Crippen LogP contribution in [-0.4, -0.2) is 10.7 Å². The molecule has 52 valence electrons. The third-order valence-corrected chi connectivity index (χ3v) is 2.41. The predicted octanol–water partition coefficient (Wildman–Crippen LogP) is 2.10. The van der Waals surface area contributed by atoms with E-state index in [2.05, 4.69) is 9.98 Å². The summed E-state index contributed by atoms with van der Waals surface area (Å²) in [6.45, 7) is 4.07. The molecule has 0 amide bonds. The van der Waals surface area contributed by atoms with Crippen molar-refractivity contribution in [2.45, 2.75) is 20.3 Å². The van der Waals surface area contributed by atoms with Crippen molar-refractivity contribution in [3.05, 3.63) is 10.7 Å². The van der Waals surface area contributed by atoms with Gasteiger partial charge < -0.3 is 0 Å². The number of thiazole rings is 1. The molecule has 1 aromatic heterocycles. The molecule has 0 radical (unpaired) electrons. The Morgan fingerprint density at radius 1 is 1.40 bits per heavy atom. The summed E-state index contributed by atoms with van der Waals surface area (Å²) in [6.07, 6.45) is 0.958. The van der Waals surface area contributed by atoms with Gasteiger partial charge in [-0.15, -0.1) is 0 Å². The monoisotopic (exact) mass is 152 g/mol. The van der Waals surface area contributed by atoms with E-state index in [-0.39, 0.29) is 0 Å². The van der Waals surface area contributed by atoms with E-state index < -0.39 is 0 Å². The largest absolute Gasteiger partial charge is 0.245 e. The van der Waals surface area contributed by atoms with Crippen molar-refractivity contribution in [3.8, 4) is 0 Å². The van der Waals surface area contributed by atoms with Gasteiger partial charge in [0.25, 0.3) is 0 Å². The maximum absolute atomic E-state index is 4.35. The third-order valence-electron chi connectivity index (χ3n) is 1.50. The van der Waals surface area contributed by atoms with Gasteiger partial charge in [-0.25, -0.2) is 9.98 Å². The molecular formula is C7H8N2S. The standard InChI is InChI=1S/C7H8N2S/c1-4-3-6-7(8-4)10-5(2)9-6/h3H2,1-2H3. The van der Waals surface area contributed by atoms with Crippen molar-refractivity contribution in [1.82, 2.24) is 4.98 Å². The van der Waals surface area contributed by atoms with Crippen molar-refractivity contribution in [2.75, 3.05) is 0 Å². The van der Waals surface area contributed by atoms with Crippen LogP contribution in [0.15, 0.2) is 4.99 Å². The summed E-state index contributed by atoms with van der Waals surface area (Å²) in [5.41, 5.74) is 2.36. The molecule has 0 spiro atoms. The zero-order valence-corrected chi connectivity index (χ0v) is 6.83. The maximum Gasteiger partial charge on any atom is 0.139 e. The molecule has 1 aromatic rings. The number of hydrogen-bond acceptors (Lipinski definition) is 3. The van der Waals surface area contributed by atoms with Gasteiger partial charge in [-0.1, -0.05) is 11.3 Å². The molecule has 2 rings (SSSR count). The first kappa shape index (κ1) is 6.04. The molecule has 0 unspecified atom stereocenters. The number of aryl methyl sites for hydroxylation is 1. The number of fused-ring (bicyclic) bond motifs is 1. The number of nitrogens with zero attached hydrogens (tertiary/aromatic N) is 2. The average Bonchev–Trinajstić information content (AvgIpc) is 2.21. The first-order chi connectivity index (χ1) is 4.75. The van der Waals surface area contributed by atoms with E-state index in [9.17, 15) is 0 Å². The molecule has 0 aromatic carbocycles. The van der Waals surface area contributed by atoms with E-state index in [0.29, 0.717) is 0 Å². The molecular weight excluding hydrogens is 144 g/mol. The van der Waals surface area contributed by atoms with Crippen molar-refractivity contribution >= 4 is 22.0 Å². The van der Waals surface area contributed by atoms with Crippen LogP contribution >= 0.6 is 11.3 Å². The minimum absolute atomic E-state index is 0.958. The zero-order chi connectivity index (χ0) is 7.14. The van der Waals surface area contributed by atoms with Crippen LogP contribution < -0.4 is 0 Å². The summed E-state index contributed by atoms with van der Waals surface area (Å²) >= 11 is 1.68. The Hall–Kier alpha value is -0.700. The summed E-state index contributed by atoms with van der Waals surface area (Å²) in [5.74, 6) is 0. The van der Waals surface area contributed by atoms with Crippen LogP contribution in [0.4, 0.5) is 5.00 Å². The molecule has 0 saturated heterocycles. The van der Waals surface area contributed by atoms with Gasteiger partial charge in [0.1, 0.15) is 5.00 Å². The van der Waals surface area contributed by atoms with Crippen molar-refractivity contribution < 1.29 is 0 Å². The van der Waals surface area contributed by atoms with Gasteiger partial charge in [0.05, 0.1) is 10.7 Å². The predicted molar refractivity (Wildman–Crippen MR) is 43.3 cm³/mol. The highest BCUT2D eigenvalue weighted by molar-refractivity contribution is 7.15. The highest BCUT2D eigenvalue weighted by Crippen LogP contribution is 2.32. The van der Waals surface area contributed by atoms with Gasteiger partial charge in [-0.3, -0.25) is 0 Å². The normalized spacial score (nSPS) is 15.2. The van der Waals surface area contributed by atoms with Gasteiger partial charge >= 0.3 is 0 Å². The smallest absolute Gasteiger partial charge is 0.139 e. The molecule has 2 heterocycles. The van der Waals surface area contributed by atoms with Crippen LogP contribution in [0.2, 0.25) is 0 Å². The van der Waals surface area contributed by atoms with E-state index >= 15 is 0 Å². The molecule has 0 bridgehead atoms. The minimum Gasteiger partial charge on any atom is -0.245 e. The fraction of sp³-hybridized carbons (Fsp3) is 0.429. The highest BCUT2D eigenvalue weighted by Gasteiger charge is 2.14. The zero-order valence-electron chi connectivity index (χ0n) is 6.01. The molecule has 0 N–H and O–H groups in total. The van der Waals surface area contributed by atoms with Crippen molar-refractivity contribution in [3.63, 3.8) is 0 Å². The molecule has 1 aliphatic heterocycles. The van der Waals surface area contributed by atoms with Crippen molar-refractivity contribution in [1.29, 1.82) is 0 Å². The van der Waals surface area contributed by atoms with E-state index in [1.807, 2.05) is 13.8 Å². The Balaban J connectivity index is 2.53. The fourth-order valence-corrected chi connectivity index (χ4v) is 1.99. The lowest BCUT2D eigenvalue weighted by Crippen LogP contribution is -1.90. The second-order valence-electron chi connectivity index (χ2n) is 2.51. The Morgan fingerprint density at radius 3 is 2.90 bits per heavy atom. The molecule has 0 fully saturated rings. The Labute approximate surface area is 63.6 Å². The molecule has 1 aliphatic rings. The molecule has 2 nitrogen and oxygen atoms in total. The van der Waals surface area contributed by atoms with E-state index in [1.54, 1.807) is 11.3 Å². The van der Waals surface area contributed by atoms with Gasteiger partial charge in [0, 0.05) is 12.1 Å². The second kappa shape index (κ2) is 1.89. The second-order valence-corrected chi connectivity index (χ2v) is 3.69. The number of rotatable bonds is 0. The lowest BCUT2D eigenvalue weighted by Gasteiger charge is -1.83. The maximum atomic E-state index is 4.35. The summed E-state index contributed by atoms with van der Waals surface area (Å²) in [5, 5.41) is 2.25. The van der Waals surface area contributed by atoms with Gasteiger partial charge in [-0.05, 0) is 13.8 Å². The summed E-state index contributed by atoms with van der Waals surface area (Å²) in [6, 6.07) is 0. The Bertz CT molecular complexity index is 299. The molecule has 3 heteroatoms. The molecule has 10 heavy (non-hydrogen) atoms. The SMILES string of the molecule is CC1=Nc2sc(C)nc2C1. The molecule has 0 atom stereocenters. The summed E-state index contributed by atoms with van der Waals surface area (Å²) < 4.78 is 0. The fourth-order valence-electron chi connectivity index (χ4n) is 1.12. The number of aliphatic imine (C=N–C) groups is 1. The number of hydrogen-bond donors (Lipinski definition) is 0. The van der Waals surface area contributed by atoms with Gasteiger partial charge in [-0.2, -0.15) is 0 Å². The van der Waals surface area contributed by atoms with Crippen LogP contribution in [0.5, 0.6) is 0 Å². The van der Waals surface area contributed by atoms with Crippen LogP contribution in [0.25, 0.3) is 0 Å². The molecule has 0 saturated carbocycles. The van der Waals surface area contributed by atoms with Crippen LogP contribution in [0.1, 0.15) is 17.6 Å². The number of aromatic nitrogens is 1. The summed E-state index contributed by atoms with van der Waals surface area (Å²) in [7, 11) is 0. The highest BCUT2D eigenvalue weighted by atomic mass is 32.1. The first-order valence-electron chi connectivity index (χ1n) is 3.26. The Kier molecular flexibility index (Phi) is 1.14.